The van der Waals surface area contributed by atoms with Crippen molar-refractivity contribution in [2.75, 3.05) is 0 Å². The lowest BCUT2D eigenvalue weighted by molar-refractivity contribution is 0.447. The van der Waals surface area contributed by atoms with Crippen molar-refractivity contribution < 1.29 is 18.1 Å². The molecule has 1 aromatic carbocycles. The number of rotatable bonds is 1. The lowest BCUT2D eigenvalue weighted by Crippen LogP contribution is -2.00. The number of aromatic hydroxyl groups is 1. The smallest absolute Gasteiger partial charge is 0.298 e. The van der Waals surface area contributed by atoms with Gasteiger partial charge in [0.2, 0.25) is 0 Å². The second kappa shape index (κ2) is 3.83. The van der Waals surface area contributed by atoms with E-state index >= 15 is 0 Å². The number of halogens is 1. The molecule has 0 aliphatic heterocycles. The number of hydrogen-bond acceptors (Lipinski definition) is 4. The second-order valence-corrected chi connectivity index (χ2v) is 5.33. The normalized spacial score (nSPS) is 11.9. The van der Waals surface area contributed by atoms with Crippen LogP contribution in [0, 0.1) is 6.92 Å². The van der Waals surface area contributed by atoms with E-state index in [1.54, 1.807) is 19.1 Å². The molecule has 0 amide bonds. The number of benzene rings is 1. The minimum Gasteiger partial charge on any atom is -0.504 e. The third-order valence-corrected chi connectivity index (χ3v) is 3.46. The maximum Gasteiger partial charge on any atom is 0.298 e. The number of pyridine rings is 1. The molecule has 0 atom stereocenters. The van der Waals surface area contributed by atoms with Crippen LogP contribution in [-0.2, 0) is 10.1 Å². The summed E-state index contributed by atoms with van der Waals surface area (Å²) in [5.74, 6) is -0.601. The highest BCUT2D eigenvalue weighted by molar-refractivity contribution is 7.86. The minimum atomic E-state index is -4.53. The molecule has 17 heavy (non-hydrogen) atoms. The highest BCUT2D eigenvalue weighted by atomic mass is 35.5. The zero-order chi connectivity index (χ0) is 12.8. The number of aryl methyl sites for hydroxylation is 1. The van der Waals surface area contributed by atoms with Crippen LogP contribution in [-0.4, -0.2) is 23.1 Å². The van der Waals surface area contributed by atoms with Crippen molar-refractivity contribution in [1.82, 2.24) is 4.98 Å². The van der Waals surface area contributed by atoms with E-state index in [9.17, 15) is 13.5 Å². The molecule has 1 heterocycles. The largest absolute Gasteiger partial charge is 0.504 e. The third kappa shape index (κ3) is 2.06. The summed E-state index contributed by atoms with van der Waals surface area (Å²) in [6.07, 6.45) is 0. The van der Waals surface area contributed by atoms with Crippen molar-refractivity contribution in [3.05, 3.63) is 28.9 Å². The van der Waals surface area contributed by atoms with Gasteiger partial charge in [0, 0.05) is 11.1 Å². The van der Waals surface area contributed by atoms with Crippen molar-refractivity contribution in [2.45, 2.75) is 11.8 Å². The highest BCUT2D eigenvalue weighted by Crippen LogP contribution is 2.35. The summed E-state index contributed by atoms with van der Waals surface area (Å²) in [5, 5.41) is 10.3. The molecule has 2 rings (SSSR count). The van der Waals surface area contributed by atoms with Crippen molar-refractivity contribution in [1.29, 1.82) is 0 Å². The number of aromatic nitrogens is 1. The van der Waals surface area contributed by atoms with Crippen LogP contribution in [0.3, 0.4) is 0 Å². The van der Waals surface area contributed by atoms with Gasteiger partial charge in [0.1, 0.15) is 10.4 Å². The van der Waals surface area contributed by atoms with Gasteiger partial charge in [-0.15, -0.1) is 0 Å². The molecule has 0 unspecified atom stereocenters. The predicted molar refractivity (Wildman–Crippen MR) is 63.0 cm³/mol. The van der Waals surface area contributed by atoms with E-state index in [1.807, 2.05) is 0 Å². The van der Waals surface area contributed by atoms with E-state index in [0.717, 1.165) is 6.07 Å². The molecular formula is C10H8ClNO4S. The number of phenolic OH excluding ortho intramolecular Hbond substituents is 1. The molecule has 0 spiro atoms. The first-order valence-electron chi connectivity index (χ1n) is 4.57. The summed E-state index contributed by atoms with van der Waals surface area (Å²) in [7, 11) is -4.53. The Labute approximate surface area is 102 Å². The van der Waals surface area contributed by atoms with Crippen molar-refractivity contribution >= 4 is 32.6 Å². The Morgan fingerprint density at radius 3 is 2.59 bits per heavy atom. The Morgan fingerprint density at radius 1 is 1.35 bits per heavy atom. The number of nitrogens with zero attached hydrogens (tertiary/aromatic N) is 1. The van der Waals surface area contributed by atoms with Gasteiger partial charge in [-0.1, -0.05) is 11.6 Å². The van der Waals surface area contributed by atoms with Crippen LogP contribution in [0.1, 0.15) is 5.69 Å². The van der Waals surface area contributed by atoms with E-state index in [1.165, 1.54) is 0 Å². The quantitative estimate of drug-likeness (QED) is 0.777. The fourth-order valence-electron chi connectivity index (χ4n) is 1.50. The van der Waals surface area contributed by atoms with Crippen LogP contribution in [0.25, 0.3) is 10.9 Å². The van der Waals surface area contributed by atoms with Gasteiger partial charge in [-0.05, 0) is 25.1 Å². The average Bonchev–Trinajstić information content (AvgIpc) is 2.21. The lowest BCUT2D eigenvalue weighted by atomic mass is 10.2. The van der Waals surface area contributed by atoms with Gasteiger partial charge in [-0.3, -0.25) is 4.55 Å². The van der Waals surface area contributed by atoms with Gasteiger partial charge < -0.3 is 5.11 Å². The monoisotopic (exact) mass is 273 g/mol. The summed E-state index contributed by atoms with van der Waals surface area (Å²) in [6.45, 7) is 1.69. The summed E-state index contributed by atoms with van der Waals surface area (Å²) in [6, 6.07) is 4.29. The number of hydrogen-bond donors (Lipinski definition) is 2. The van der Waals surface area contributed by atoms with E-state index in [4.69, 9.17) is 16.2 Å². The molecule has 2 aromatic rings. The predicted octanol–water partition coefficient (Wildman–Crippen LogP) is 2.15. The molecule has 1 aromatic heterocycles. The molecule has 2 N–H and O–H groups in total. The maximum absolute atomic E-state index is 11.0. The Hall–Kier alpha value is -1.37. The molecule has 90 valence electrons. The molecule has 5 nitrogen and oxygen atoms in total. The second-order valence-electron chi connectivity index (χ2n) is 3.53. The SMILES string of the molecule is Cc1ccc2c(Cl)cc(S(=O)(=O)O)c(O)c2n1. The van der Waals surface area contributed by atoms with Gasteiger partial charge in [0.05, 0.1) is 5.02 Å². The average molecular weight is 274 g/mol. The van der Waals surface area contributed by atoms with Crippen LogP contribution in [0.15, 0.2) is 23.1 Å². The van der Waals surface area contributed by atoms with Gasteiger partial charge in [0.25, 0.3) is 10.1 Å². The van der Waals surface area contributed by atoms with Crippen LogP contribution < -0.4 is 0 Å². The molecule has 0 saturated carbocycles. The molecule has 0 fully saturated rings. The maximum atomic E-state index is 11.0. The van der Waals surface area contributed by atoms with Gasteiger partial charge in [-0.25, -0.2) is 4.98 Å². The molecule has 0 bridgehead atoms. The molecule has 0 aliphatic carbocycles. The first-order chi connectivity index (χ1) is 7.80. The Kier molecular flexibility index (Phi) is 2.73. The fraction of sp³-hybridized carbons (Fsp3) is 0.100. The molecule has 0 aliphatic rings. The van der Waals surface area contributed by atoms with Crippen molar-refractivity contribution in [3.8, 4) is 5.75 Å². The molecule has 7 heteroatoms. The standard InChI is InChI=1S/C10H8ClNO4S/c1-5-2-3-6-7(11)4-8(17(14,15)16)10(13)9(6)12-5/h2-4,13H,1H3,(H,14,15,16). The van der Waals surface area contributed by atoms with Gasteiger partial charge in [-0.2, -0.15) is 8.42 Å². The Balaban J connectivity index is 2.98. The number of fused-ring (bicyclic) bond motifs is 1. The van der Waals surface area contributed by atoms with E-state index in [2.05, 4.69) is 4.98 Å². The summed E-state index contributed by atoms with van der Waals surface area (Å²) in [5.41, 5.74) is 0.640. The fourth-order valence-corrected chi connectivity index (χ4v) is 2.44. The van der Waals surface area contributed by atoms with Crippen LogP contribution in [0.5, 0.6) is 5.75 Å². The van der Waals surface area contributed by atoms with Crippen LogP contribution in [0.4, 0.5) is 0 Å². The van der Waals surface area contributed by atoms with Crippen molar-refractivity contribution in [2.24, 2.45) is 0 Å². The van der Waals surface area contributed by atoms with Crippen LogP contribution in [0.2, 0.25) is 5.02 Å². The molecule has 0 radical (unpaired) electrons. The van der Waals surface area contributed by atoms with Crippen LogP contribution >= 0.6 is 11.6 Å². The van der Waals surface area contributed by atoms with Gasteiger partial charge >= 0.3 is 0 Å². The zero-order valence-corrected chi connectivity index (χ0v) is 10.2. The summed E-state index contributed by atoms with van der Waals surface area (Å²) in [4.78, 5) is 3.35. The molecule has 0 saturated heterocycles. The van der Waals surface area contributed by atoms with Crippen molar-refractivity contribution in [3.63, 3.8) is 0 Å². The highest BCUT2D eigenvalue weighted by Gasteiger charge is 2.20. The third-order valence-electron chi connectivity index (χ3n) is 2.29. The Morgan fingerprint density at radius 2 is 2.00 bits per heavy atom. The topological polar surface area (TPSA) is 87.5 Å². The van der Waals surface area contributed by atoms with E-state index < -0.39 is 20.8 Å². The first kappa shape index (κ1) is 12.1. The first-order valence-corrected chi connectivity index (χ1v) is 6.39. The lowest BCUT2D eigenvalue weighted by Gasteiger charge is -2.07. The number of phenols is 1. The van der Waals surface area contributed by atoms with E-state index in [0.29, 0.717) is 11.1 Å². The zero-order valence-electron chi connectivity index (χ0n) is 8.68. The summed E-state index contributed by atoms with van der Waals surface area (Å²) >= 11 is 5.87. The Bertz CT molecular complexity index is 712. The summed E-state index contributed by atoms with van der Waals surface area (Å²) < 4.78 is 31.0. The molecular weight excluding hydrogens is 266 g/mol. The van der Waals surface area contributed by atoms with E-state index in [-0.39, 0.29) is 10.5 Å². The van der Waals surface area contributed by atoms with Gasteiger partial charge in [0.15, 0.2) is 5.75 Å². The minimum absolute atomic E-state index is 0.0464.